The van der Waals surface area contributed by atoms with E-state index in [0.29, 0.717) is 19.5 Å². The molecule has 0 radical (unpaired) electrons. The van der Waals surface area contributed by atoms with E-state index in [-0.39, 0.29) is 30.3 Å². The van der Waals surface area contributed by atoms with Crippen LogP contribution < -0.4 is 10.6 Å². The Kier molecular flexibility index (Phi) is 6.99. The lowest BCUT2D eigenvalue weighted by Gasteiger charge is -2.34. The van der Waals surface area contributed by atoms with Crippen LogP contribution in [-0.2, 0) is 9.59 Å². The largest absolute Gasteiger partial charge is 0.352 e. The van der Waals surface area contributed by atoms with Gasteiger partial charge in [0, 0.05) is 32.0 Å². The van der Waals surface area contributed by atoms with Crippen molar-refractivity contribution in [1.29, 1.82) is 0 Å². The number of halogens is 3. The molecule has 0 spiro atoms. The number of hydrogen-bond acceptors (Lipinski definition) is 3. The molecule has 22 heavy (non-hydrogen) atoms. The fourth-order valence-corrected chi connectivity index (χ4v) is 2.93. The highest BCUT2D eigenvalue weighted by Crippen LogP contribution is 2.26. The maximum absolute atomic E-state index is 13.2. The topological polar surface area (TPSA) is 61.4 Å². The second kappa shape index (κ2) is 8.06. The highest BCUT2D eigenvalue weighted by Gasteiger charge is 2.44. The van der Waals surface area contributed by atoms with E-state index in [9.17, 15) is 18.4 Å². The fourth-order valence-electron chi connectivity index (χ4n) is 2.93. The van der Waals surface area contributed by atoms with Gasteiger partial charge in [0.05, 0.1) is 12.6 Å². The van der Waals surface area contributed by atoms with Gasteiger partial charge in [-0.15, -0.1) is 12.4 Å². The normalized spacial score (nSPS) is 27.1. The molecule has 2 N–H and O–H groups in total. The van der Waals surface area contributed by atoms with E-state index in [4.69, 9.17) is 0 Å². The molecular formula is C14H24ClF2N3O2. The third-order valence-electron chi connectivity index (χ3n) is 3.98. The Morgan fingerprint density at radius 3 is 2.73 bits per heavy atom. The third kappa shape index (κ3) is 5.05. The van der Waals surface area contributed by atoms with Gasteiger partial charge >= 0.3 is 0 Å². The Balaban J connectivity index is 0.00000242. The summed E-state index contributed by atoms with van der Waals surface area (Å²) in [5, 5.41) is 5.50. The van der Waals surface area contributed by atoms with E-state index in [2.05, 4.69) is 10.6 Å². The smallest absolute Gasteiger partial charge is 0.262 e. The molecule has 2 atom stereocenters. The average molecular weight is 340 g/mol. The van der Waals surface area contributed by atoms with Crippen LogP contribution in [0.3, 0.4) is 0 Å². The molecule has 128 valence electrons. The van der Waals surface area contributed by atoms with E-state index >= 15 is 0 Å². The molecule has 0 saturated carbocycles. The number of likely N-dealkylation sites (tertiary alicyclic amines) is 1. The number of nitrogens with one attached hydrogen (secondary N) is 2. The monoisotopic (exact) mass is 339 g/mol. The Morgan fingerprint density at radius 1 is 1.41 bits per heavy atom. The van der Waals surface area contributed by atoms with E-state index in [1.54, 1.807) is 4.90 Å². The first-order valence-electron chi connectivity index (χ1n) is 7.60. The van der Waals surface area contributed by atoms with Crippen LogP contribution in [-0.4, -0.2) is 54.4 Å². The summed E-state index contributed by atoms with van der Waals surface area (Å²) in [4.78, 5) is 25.5. The van der Waals surface area contributed by atoms with E-state index in [1.807, 2.05) is 6.92 Å². The summed E-state index contributed by atoms with van der Waals surface area (Å²) in [5.41, 5.74) is 0. The van der Waals surface area contributed by atoms with E-state index < -0.39 is 24.9 Å². The first-order chi connectivity index (χ1) is 9.91. The van der Waals surface area contributed by atoms with Gasteiger partial charge in [0.1, 0.15) is 0 Å². The quantitative estimate of drug-likeness (QED) is 0.812. The van der Waals surface area contributed by atoms with Crippen LogP contribution >= 0.6 is 12.4 Å². The predicted molar refractivity (Wildman–Crippen MR) is 81.3 cm³/mol. The SMILES string of the molecule is CCCC(=O)NC1CCCN(C(=O)C2CC(F)(F)CN2)C1.Cl. The lowest BCUT2D eigenvalue weighted by Crippen LogP contribution is -2.53. The maximum Gasteiger partial charge on any atom is 0.262 e. The van der Waals surface area contributed by atoms with Gasteiger partial charge in [-0.25, -0.2) is 8.78 Å². The van der Waals surface area contributed by atoms with Crippen LogP contribution in [0.1, 0.15) is 39.0 Å². The third-order valence-corrected chi connectivity index (χ3v) is 3.98. The number of alkyl halides is 2. The molecule has 0 bridgehead atoms. The highest BCUT2D eigenvalue weighted by molar-refractivity contribution is 5.85. The number of carbonyl (C=O) groups is 2. The molecule has 2 rings (SSSR count). The second-order valence-corrected chi connectivity index (χ2v) is 5.93. The van der Waals surface area contributed by atoms with Crippen molar-refractivity contribution in [3.63, 3.8) is 0 Å². The first-order valence-corrected chi connectivity index (χ1v) is 7.60. The van der Waals surface area contributed by atoms with Crippen molar-refractivity contribution in [2.24, 2.45) is 0 Å². The van der Waals surface area contributed by atoms with E-state index in [1.165, 1.54) is 0 Å². The van der Waals surface area contributed by atoms with Crippen LogP contribution in [0.4, 0.5) is 8.78 Å². The van der Waals surface area contributed by atoms with Crippen molar-refractivity contribution >= 4 is 24.2 Å². The minimum absolute atomic E-state index is 0. The summed E-state index contributed by atoms with van der Waals surface area (Å²) in [6, 6.07) is -0.867. The molecule has 2 amide bonds. The summed E-state index contributed by atoms with van der Waals surface area (Å²) in [6.07, 6.45) is 2.43. The van der Waals surface area contributed by atoms with Gasteiger partial charge in [0.15, 0.2) is 0 Å². The zero-order chi connectivity index (χ0) is 15.5. The lowest BCUT2D eigenvalue weighted by molar-refractivity contribution is -0.136. The van der Waals surface area contributed by atoms with Crippen molar-refractivity contribution in [2.45, 2.75) is 57.0 Å². The summed E-state index contributed by atoms with van der Waals surface area (Å²) in [6.45, 7) is 2.48. The molecule has 2 unspecified atom stereocenters. The zero-order valence-corrected chi connectivity index (χ0v) is 13.6. The van der Waals surface area contributed by atoms with Gasteiger partial charge in [0.25, 0.3) is 5.92 Å². The van der Waals surface area contributed by atoms with Gasteiger partial charge in [-0.1, -0.05) is 6.92 Å². The van der Waals surface area contributed by atoms with Crippen molar-refractivity contribution in [2.75, 3.05) is 19.6 Å². The fraction of sp³-hybridized carbons (Fsp3) is 0.857. The molecule has 0 aromatic rings. The van der Waals surface area contributed by atoms with Crippen molar-refractivity contribution in [1.82, 2.24) is 15.5 Å². The summed E-state index contributed by atoms with van der Waals surface area (Å²) < 4.78 is 26.3. The average Bonchev–Trinajstić information content (AvgIpc) is 2.79. The Morgan fingerprint density at radius 2 is 2.14 bits per heavy atom. The number of hydrogen-bond donors (Lipinski definition) is 2. The molecule has 2 heterocycles. The zero-order valence-electron chi connectivity index (χ0n) is 12.7. The minimum Gasteiger partial charge on any atom is -0.352 e. The number of piperidine rings is 1. The number of carbonyl (C=O) groups excluding carboxylic acids is 2. The van der Waals surface area contributed by atoms with Gasteiger partial charge in [-0.3, -0.25) is 14.9 Å². The Hall–Kier alpha value is -0.950. The van der Waals surface area contributed by atoms with Crippen LogP contribution in [0.25, 0.3) is 0 Å². The van der Waals surface area contributed by atoms with Gasteiger partial charge in [-0.2, -0.15) is 0 Å². The molecule has 2 saturated heterocycles. The van der Waals surface area contributed by atoms with Crippen LogP contribution in [0.15, 0.2) is 0 Å². The Bertz CT molecular complexity index is 410. The van der Waals surface area contributed by atoms with Crippen LogP contribution in [0, 0.1) is 0 Å². The van der Waals surface area contributed by atoms with Gasteiger partial charge < -0.3 is 10.2 Å². The van der Waals surface area contributed by atoms with Crippen molar-refractivity contribution < 1.29 is 18.4 Å². The number of rotatable bonds is 4. The lowest BCUT2D eigenvalue weighted by atomic mass is 10.0. The standard InChI is InChI=1S/C14H23F2N3O2.ClH/c1-2-4-12(20)18-10-5-3-6-19(8-10)13(21)11-7-14(15,16)9-17-11;/h10-11,17H,2-9H2,1H3,(H,18,20);1H. The number of nitrogens with zero attached hydrogens (tertiary/aromatic N) is 1. The van der Waals surface area contributed by atoms with Gasteiger partial charge in [-0.05, 0) is 19.3 Å². The summed E-state index contributed by atoms with van der Waals surface area (Å²) in [7, 11) is 0. The second-order valence-electron chi connectivity index (χ2n) is 5.93. The first kappa shape index (κ1) is 19.1. The predicted octanol–water partition coefficient (Wildman–Crippen LogP) is 1.31. The van der Waals surface area contributed by atoms with Crippen molar-refractivity contribution in [3.05, 3.63) is 0 Å². The summed E-state index contributed by atoms with van der Waals surface area (Å²) in [5.74, 6) is -3.09. The van der Waals surface area contributed by atoms with Gasteiger partial charge in [0.2, 0.25) is 11.8 Å². The molecule has 5 nitrogen and oxygen atoms in total. The van der Waals surface area contributed by atoms with E-state index in [0.717, 1.165) is 19.3 Å². The molecule has 0 aromatic heterocycles. The number of amides is 2. The molecule has 0 aromatic carbocycles. The minimum atomic E-state index is -2.80. The van der Waals surface area contributed by atoms with Crippen LogP contribution in [0.5, 0.6) is 0 Å². The molecular weight excluding hydrogens is 316 g/mol. The molecule has 0 aliphatic carbocycles. The Labute approximate surface area is 135 Å². The maximum atomic E-state index is 13.2. The molecule has 8 heteroatoms. The molecule has 2 fully saturated rings. The summed E-state index contributed by atoms with van der Waals surface area (Å²) >= 11 is 0. The van der Waals surface area contributed by atoms with Crippen molar-refractivity contribution in [3.8, 4) is 0 Å². The highest BCUT2D eigenvalue weighted by atomic mass is 35.5. The van der Waals surface area contributed by atoms with Crippen LogP contribution in [0.2, 0.25) is 0 Å². The molecule has 2 aliphatic rings. The molecule has 2 aliphatic heterocycles.